The number of sulfonamides is 1. The molecule has 1 aromatic carbocycles. The Kier molecular flexibility index (Phi) is 4.67. The van der Waals surface area contributed by atoms with Crippen molar-refractivity contribution in [2.45, 2.75) is 50.3 Å². The summed E-state index contributed by atoms with van der Waals surface area (Å²) in [4.78, 5) is 0.285. The Hall–Kier alpha value is -1.11. The second-order valence-corrected chi connectivity index (χ2v) is 7.07. The molecule has 2 unspecified atom stereocenters. The summed E-state index contributed by atoms with van der Waals surface area (Å²) in [5.74, 6) is 0. The topological polar surface area (TPSA) is 67.4 Å². The van der Waals surface area contributed by atoms with Gasteiger partial charge in [-0.15, -0.1) is 0 Å². The molecule has 1 aromatic rings. The molecule has 1 aliphatic rings. The van der Waals surface area contributed by atoms with Gasteiger partial charge in [-0.05, 0) is 39.3 Å². The number of ether oxygens (including phenoxy) is 1. The molecule has 1 saturated heterocycles. The predicted octanol–water partition coefficient (Wildman–Crippen LogP) is 1.96. The van der Waals surface area contributed by atoms with Crippen molar-refractivity contribution in [2.75, 3.05) is 11.9 Å². The van der Waals surface area contributed by atoms with Crippen LogP contribution in [0.15, 0.2) is 29.2 Å². The van der Waals surface area contributed by atoms with Gasteiger partial charge in [-0.3, -0.25) is 0 Å². The molecular formula is C14H22N2O3S. The highest BCUT2D eigenvalue weighted by atomic mass is 32.2. The first-order valence-corrected chi connectivity index (χ1v) is 8.38. The van der Waals surface area contributed by atoms with Crippen molar-refractivity contribution in [3.63, 3.8) is 0 Å². The van der Waals surface area contributed by atoms with Crippen molar-refractivity contribution in [1.82, 2.24) is 4.72 Å². The largest absolute Gasteiger partial charge is 0.379 e. The molecule has 5 nitrogen and oxygen atoms in total. The van der Waals surface area contributed by atoms with Gasteiger partial charge >= 0.3 is 0 Å². The van der Waals surface area contributed by atoms with Crippen molar-refractivity contribution in [2.24, 2.45) is 0 Å². The van der Waals surface area contributed by atoms with Crippen LogP contribution in [0, 0.1) is 0 Å². The Balaban J connectivity index is 2.26. The van der Waals surface area contributed by atoms with Gasteiger partial charge in [-0.25, -0.2) is 13.1 Å². The van der Waals surface area contributed by atoms with Gasteiger partial charge in [0.2, 0.25) is 10.0 Å². The van der Waals surface area contributed by atoms with Crippen LogP contribution in [0.3, 0.4) is 0 Å². The van der Waals surface area contributed by atoms with Gasteiger partial charge < -0.3 is 10.1 Å². The Bertz CT molecular complexity index is 557. The molecule has 2 N–H and O–H groups in total. The van der Waals surface area contributed by atoms with Gasteiger partial charge in [-0.2, -0.15) is 0 Å². The van der Waals surface area contributed by atoms with Crippen LogP contribution >= 0.6 is 0 Å². The van der Waals surface area contributed by atoms with Gasteiger partial charge in [0.25, 0.3) is 0 Å². The third-order valence-electron chi connectivity index (χ3n) is 3.28. The van der Waals surface area contributed by atoms with E-state index in [9.17, 15) is 8.42 Å². The van der Waals surface area contributed by atoms with E-state index in [1.807, 2.05) is 13.0 Å². The number of nitrogens with one attached hydrogen (secondary N) is 2. The minimum atomic E-state index is -3.50. The third kappa shape index (κ3) is 3.50. The minimum Gasteiger partial charge on any atom is -0.379 e. The van der Waals surface area contributed by atoms with Crippen molar-refractivity contribution >= 4 is 15.7 Å². The highest BCUT2D eigenvalue weighted by Gasteiger charge is 2.26. The van der Waals surface area contributed by atoms with Gasteiger partial charge in [0.05, 0.1) is 17.8 Å². The van der Waals surface area contributed by atoms with Gasteiger partial charge in [0, 0.05) is 12.6 Å². The Morgan fingerprint density at radius 2 is 2.00 bits per heavy atom. The van der Waals surface area contributed by atoms with E-state index in [1.165, 1.54) is 0 Å². The fourth-order valence-electron chi connectivity index (χ4n) is 2.32. The van der Waals surface area contributed by atoms with Crippen LogP contribution in [0.4, 0.5) is 5.69 Å². The first-order chi connectivity index (χ1) is 9.40. The van der Waals surface area contributed by atoms with E-state index in [-0.39, 0.29) is 23.1 Å². The van der Waals surface area contributed by atoms with E-state index in [0.717, 1.165) is 6.42 Å². The Labute approximate surface area is 120 Å². The lowest BCUT2D eigenvalue weighted by Crippen LogP contribution is -2.32. The van der Waals surface area contributed by atoms with E-state index in [1.54, 1.807) is 32.0 Å². The van der Waals surface area contributed by atoms with Gasteiger partial charge in [-0.1, -0.05) is 12.1 Å². The number of hydrogen-bond acceptors (Lipinski definition) is 4. The Morgan fingerprint density at radius 1 is 1.30 bits per heavy atom. The van der Waals surface area contributed by atoms with Crippen molar-refractivity contribution in [3.05, 3.63) is 24.3 Å². The highest BCUT2D eigenvalue weighted by molar-refractivity contribution is 7.89. The summed E-state index contributed by atoms with van der Waals surface area (Å²) >= 11 is 0. The molecule has 0 amide bonds. The summed E-state index contributed by atoms with van der Waals surface area (Å²) in [6, 6.07) is 6.98. The number of hydrogen-bond donors (Lipinski definition) is 2. The summed E-state index contributed by atoms with van der Waals surface area (Å²) in [6.07, 6.45) is 0.969. The maximum absolute atomic E-state index is 12.3. The van der Waals surface area contributed by atoms with E-state index in [2.05, 4.69) is 10.0 Å². The minimum absolute atomic E-state index is 0.0869. The average molecular weight is 298 g/mol. The van der Waals surface area contributed by atoms with Crippen LogP contribution in [0.1, 0.15) is 27.2 Å². The third-order valence-corrected chi connectivity index (χ3v) is 5.00. The van der Waals surface area contributed by atoms with Gasteiger partial charge in [0.1, 0.15) is 4.90 Å². The second-order valence-electron chi connectivity index (χ2n) is 5.39. The lowest BCUT2D eigenvalue weighted by atomic mass is 10.1. The molecule has 0 saturated carbocycles. The van der Waals surface area contributed by atoms with Crippen LogP contribution in [-0.4, -0.2) is 33.2 Å². The molecular weight excluding hydrogens is 276 g/mol. The second kappa shape index (κ2) is 6.11. The van der Waals surface area contributed by atoms with Crippen molar-refractivity contribution in [3.8, 4) is 0 Å². The first-order valence-electron chi connectivity index (χ1n) is 6.89. The molecule has 1 aliphatic heterocycles. The molecule has 1 heterocycles. The zero-order chi connectivity index (χ0) is 14.8. The fraction of sp³-hybridized carbons (Fsp3) is 0.571. The number of rotatable bonds is 5. The first kappa shape index (κ1) is 15.3. The quantitative estimate of drug-likeness (QED) is 0.872. The molecule has 112 valence electrons. The molecule has 0 aliphatic carbocycles. The Morgan fingerprint density at radius 3 is 2.60 bits per heavy atom. The number of benzene rings is 1. The maximum atomic E-state index is 12.3. The summed E-state index contributed by atoms with van der Waals surface area (Å²) in [6.45, 7) is 6.31. The summed E-state index contributed by atoms with van der Waals surface area (Å²) in [5.41, 5.74) is 0.628. The lowest BCUT2D eigenvalue weighted by Gasteiger charge is -2.20. The standard InChI is InChI=1S/C14H22N2O3S/c1-10(2)16-20(17,18)14-7-5-4-6-13(14)15-12-8-9-19-11(12)3/h4-7,10-12,15-16H,8-9H2,1-3H3. The molecule has 6 heteroatoms. The van der Waals surface area contributed by atoms with Crippen molar-refractivity contribution in [1.29, 1.82) is 0 Å². The zero-order valence-electron chi connectivity index (χ0n) is 12.1. The summed E-state index contributed by atoms with van der Waals surface area (Å²) in [5, 5.41) is 3.29. The molecule has 0 radical (unpaired) electrons. The van der Waals surface area contributed by atoms with Crippen molar-refractivity contribution < 1.29 is 13.2 Å². The zero-order valence-corrected chi connectivity index (χ0v) is 12.9. The normalized spacial score (nSPS) is 23.2. The lowest BCUT2D eigenvalue weighted by molar-refractivity contribution is 0.121. The highest BCUT2D eigenvalue weighted by Crippen LogP contribution is 2.25. The monoisotopic (exact) mass is 298 g/mol. The summed E-state index contributed by atoms with van der Waals surface area (Å²) < 4.78 is 32.8. The maximum Gasteiger partial charge on any atom is 0.242 e. The van der Waals surface area contributed by atoms with E-state index < -0.39 is 10.0 Å². The smallest absolute Gasteiger partial charge is 0.242 e. The van der Waals surface area contributed by atoms with Crippen LogP contribution in [0.2, 0.25) is 0 Å². The predicted molar refractivity (Wildman–Crippen MR) is 79.3 cm³/mol. The average Bonchev–Trinajstić information content (AvgIpc) is 2.74. The van der Waals surface area contributed by atoms with Crippen LogP contribution < -0.4 is 10.0 Å². The van der Waals surface area contributed by atoms with Gasteiger partial charge in [0.15, 0.2) is 0 Å². The van der Waals surface area contributed by atoms with Crippen LogP contribution in [0.5, 0.6) is 0 Å². The van der Waals surface area contributed by atoms with Crippen LogP contribution in [0.25, 0.3) is 0 Å². The molecule has 0 bridgehead atoms. The molecule has 20 heavy (non-hydrogen) atoms. The van der Waals surface area contributed by atoms with E-state index in [4.69, 9.17) is 4.74 Å². The van der Waals surface area contributed by atoms with E-state index in [0.29, 0.717) is 12.3 Å². The van der Waals surface area contributed by atoms with E-state index >= 15 is 0 Å². The fourth-order valence-corrected chi connectivity index (χ4v) is 3.74. The summed E-state index contributed by atoms with van der Waals surface area (Å²) in [7, 11) is -3.50. The number of anilines is 1. The molecule has 0 aromatic heterocycles. The molecule has 0 spiro atoms. The SMILES string of the molecule is CC(C)NS(=O)(=O)c1ccccc1NC1CCOC1C. The van der Waals surface area contributed by atoms with Crippen LogP contribution in [-0.2, 0) is 14.8 Å². The number of para-hydroxylation sites is 1. The molecule has 1 fully saturated rings. The molecule has 2 atom stereocenters. The molecule has 2 rings (SSSR count).